The number of aliphatic hydroxyl groups excluding tert-OH is 1. The van der Waals surface area contributed by atoms with Gasteiger partial charge in [0.15, 0.2) is 0 Å². The van der Waals surface area contributed by atoms with E-state index in [1.165, 1.54) is 16.7 Å². The van der Waals surface area contributed by atoms with Crippen molar-refractivity contribution in [1.82, 2.24) is 9.78 Å². The minimum Gasteiger partial charge on any atom is -0.391 e. The molecular weight excluding hydrogens is 480 g/mol. The standard InChI is InChI=1S/C32H41ClN2O2/c1-7-27(36)31(6)20(3)14-25-24-12-11-22-15-26-21(18-34-35(26)23-10-8-9-19(2)13-23)16-29(22,4)32(24,33)28(37)17-30(25,31)5/h8-10,13,15,18,20,24-25,28,37H,7,11-12,14,16-17H2,1-6H3/t20-,24-,25-,28-,29-,30-,31+,32-/m0/s1. The topological polar surface area (TPSA) is 55.1 Å². The van der Waals surface area contributed by atoms with E-state index in [2.05, 4.69) is 69.6 Å². The molecule has 4 nitrogen and oxygen atoms in total. The number of halogens is 1. The summed E-state index contributed by atoms with van der Waals surface area (Å²) in [6.07, 6.45) is 8.50. The normalized spacial score (nSPS) is 42.3. The van der Waals surface area contributed by atoms with Gasteiger partial charge in [-0.1, -0.05) is 52.3 Å². The van der Waals surface area contributed by atoms with Gasteiger partial charge in [0.2, 0.25) is 0 Å². The molecule has 8 atom stereocenters. The van der Waals surface area contributed by atoms with Gasteiger partial charge in [-0.05, 0) is 91.5 Å². The van der Waals surface area contributed by atoms with Gasteiger partial charge in [-0.25, -0.2) is 4.68 Å². The number of benzene rings is 1. The van der Waals surface area contributed by atoms with Crippen LogP contribution in [-0.4, -0.2) is 31.6 Å². The zero-order valence-corrected chi connectivity index (χ0v) is 23.9. The Morgan fingerprint density at radius 3 is 2.70 bits per heavy atom. The van der Waals surface area contributed by atoms with Crippen LogP contribution in [0.4, 0.5) is 0 Å². The maximum atomic E-state index is 13.4. The first kappa shape index (κ1) is 25.4. The van der Waals surface area contributed by atoms with Crippen molar-refractivity contribution >= 4 is 23.5 Å². The minimum absolute atomic E-state index is 0.173. The van der Waals surface area contributed by atoms with Crippen molar-refractivity contribution in [2.24, 2.45) is 34.0 Å². The molecule has 1 aromatic heterocycles. The number of aromatic nitrogens is 2. The lowest BCUT2D eigenvalue weighted by atomic mass is 9.43. The number of allylic oxidation sites excluding steroid dienone is 1. The maximum absolute atomic E-state index is 13.4. The van der Waals surface area contributed by atoms with Crippen molar-refractivity contribution in [3.63, 3.8) is 0 Å². The molecule has 3 fully saturated rings. The highest BCUT2D eigenvalue weighted by Crippen LogP contribution is 2.74. The Morgan fingerprint density at radius 1 is 1.24 bits per heavy atom. The third-order valence-electron chi connectivity index (χ3n) is 11.9. The van der Waals surface area contributed by atoms with Crippen molar-refractivity contribution in [1.29, 1.82) is 0 Å². The van der Waals surface area contributed by atoms with Crippen molar-refractivity contribution in [2.75, 3.05) is 0 Å². The van der Waals surface area contributed by atoms with Gasteiger partial charge in [-0.3, -0.25) is 4.79 Å². The predicted molar refractivity (Wildman–Crippen MR) is 149 cm³/mol. The third-order valence-corrected chi connectivity index (χ3v) is 12.8. The number of alkyl halides is 1. The second-order valence-electron chi connectivity index (χ2n) is 13.3. The summed E-state index contributed by atoms with van der Waals surface area (Å²) in [6, 6.07) is 8.46. The minimum atomic E-state index is -0.759. The Labute approximate surface area is 226 Å². The van der Waals surface area contributed by atoms with E-state index in [-0.39, 0.29) is 22.7 Å². The molecule has 0 saturated heterocycles. The van der Waals surface area contributed by atoms with Gasteiger partial charge in [0.05, 0.1) is 28.6 Å². The van der Waals surface area contributed by atoms with Gasteiger partial charge in [0.25, 0.3) is 0 Å². The number of fused-ring (bicyclic) bond motifs is 6. The number of ketones is 1. The Morgan fingerprint density at radius 2 is 2.00 bits per heavy atom. The van der Waals surface area contributed by atoms with E-state index in [1.54, 1.807) is 0 Å². The summed E-state index contributed by atoms with van der Waals surface area (Å²) in [7, 11) is 0. The maximum Gasteiger partial charge on any atom is 0.139 e. The van der Waals surface area contributed by atoms with Crippen LogP contribution in [0.1, 0.15) is 83.5 Å². The van der Waals surface area contributed by atoms with Crippen molar-refractivity contribution in [2.45, 2.75) is 91.0 Å². The van der Waals surface area contributed by atoms with Crippen molar-refractivity contribution in [3.8, 4) is 5.69 Å². The first-order valence-electron chi connectivity index (χ1n) is 14.2. The van der Waals surface area contributed by atoms with Crippen LogP contribution in [-0.2, 0) is 11.2 Å². The molecule has 198 valence electrons. The summed E-state index contributed by atoms with van der Waals surface area (Å²) >= 11 is 7.83. The first-order chi connectivity index (χ1) is 17.4. The number of Topliss-reactive ketones (excluding diaryl/α,β-unsaturated/α-hetero) is 1. The molecule has 0 bridgehead atoms. The molecule has 1 heterocycles. The molecule has 6 rings (SSSR count). The van der Waals surface area contributed by atoms with E-state index < -0.39 is 16.4 Å². The number of nitrogens with zero attached hydrogens (tertiary/aromatic N) is 2. The third kappa shape index (κ3) is 3.00. The average molecular weight is 521 g/mol. The molecular formula is C32H41ClN2O2. The lowest BCUT2D eigenvalue weighted by Crippen LogP contribution is -2.68. The Kier molecular flexibility index (Phi) is 5.52. The Hall–Kier alpha value is -1.91. The number of rotatable bonds is 3. The van der Waals surface area contributed by atoms with Gasteiger partial charge in [-0.15, -0.1) is 11.6 Å². The van der Waals surface area contributed by atoms with Crippen molar-refractivity contribution in [3.05, 3.63) is 52.9 Å². The smallest absolute Gasteiger partial charge is 0.139 e. The Balaban J connectivity index is 1.42. The molecule has 0 radical (unpaired) electrons. The van der Waals surface area contributed by atoms with E-state index in [0.29, 0.717) is 24.5 Å². The SMILES string of the molecule is CCC(=O)[C@@]1(C)[C@@H](C)C[C@H]2[C@@H]3CCC4=Cc5c(cnn5-c5cccc(C)c5)C[C@]4(C)[C@@]3(Cl)[C@@H](O)C[C@@]21C. The zero-order chi connectivity index (χ0) is 26.5. The molecule has 1 N–H and O–H groups in total. The van der Waals surface area contributed by atoms with Crippen LogP contribution >= 0.6 is 11.6 Å². The summed E-state index contributed by atoms with van der Waals surface area (Å²) in [4.78, 5) is 12.6. The number of aryl methyl sites for hydroxylation is 1. The van der Waals surface area contributed by atoms with Crippen LogP contribution in [0.2, 0.25) is 0 Å². The summed E-state index contributed by atoms with van der Waals surface area (Å²) in [6.45, 7) is 13.1. The van der Waals surface area contributed by atoms with Crippen LogP contribution < -0.4 is 0 Å². The van der Waals surface area contributed by atoms with Gasteiger partial charge in [-0.2, -0.15) is 5.10 Å². The lowest BCUT2D eigenvalue weighted by molar-refractivity contribution is -0.153. The summed E-state index contributed by atoms with van der Waals surface area (Å²) < 4.78 is 2.05. The molecule has 4 aliphatic rings. The summed E-state index contributed by atoms with van der Waals surface area (Å²) in [5.74, 6) is 1.13. The highest BCUT2D eigenvalue weighted by molar-refractivity contribution is 6.26. The molecule has 0 spiro atoms. The van der Waals surface area contributed by atoms with Crippen LogP contribution in [0.5, 0.6) is 0 Å². The predicted octanol–water partition coefficient (Wildman–Crippen LogP) is 6.93. The van der Waals surface area contributed by atoms with E-state index in [9.17, 15) is 9.90 Å². The number of carbonyl (C=O) groups excluding carboxylic acids is 1. The monoisotopic (exact) mass is 520 g/mol. The van der Waals surface area contributed by atoms with Gasteiger partial charge in [0.1, 0.15) is 5.78 Å². The van der Waals surface area contributed by atoms with Gasteiger partial charge >= 0.3 is 0 Å². The number of aliphatic hydroxyl groups is 1. The van der Waals surface area contributed by atoms with E-state index >= 15 is 0 Å². The van der Waals surface area contributed by atoms with Crippen LogP contribution in [0, 0.1) is 40.9 Å². The fraction of sp³-hybridized carbons (Fsp3) is 0.625. The Bertz CT molecular complexity index is 1310. The molecule has 3 saturated carbocycles. The largest absolute Gasteiger partial charge is 0.391 e. The molecule has 0 unspecified atom stereocenters. The molecule has 0 aliphatic heterocycles. The zero-order valence-electron chi connectivity index (χ0n) is 23.1. The molecule has 5 heteroatoms. The first-order valence-corrected chi connectivity index (χ1v) is 14.5. The average Bonchev–Trinajstić information content (AvgIpc) is 3.35. The highest BCUT2D eigenvalue weighted by atomic mass is 35.5. The fourth-order valence-electron chi connectivity index (χ4n) is 9.54. The lowest BCUT2D eigenvalue weighted by Gasteiger charge is -2.65. The molecule has 4 aliphatic carbocycles. The highest BCUT2D eigenvalue weighted by Gasteiger charge is 2.73. The second-order valence-corrected chi connectivity index (χ2v) is 13.9. The number of hydrogen-bond donors (Lipinski definition) is 1. The molecule has 1 aromatic carbocycles. The van der Waals surface area contributed by atoms with Crippen LogP contribution in [0.25, 0.3) is 11.8 Å². The number of hydrogen-bond acceptors (Lipinski definition) is 3. The summed E-state index contributed by atoms with van der Waals surface area (Å²) in [5.41, 5.74) is 4.94. The fourth-order valence-corrected chi connectivity index (χ4v) is 10.1. The quantitative estimate of drug-likeness (QED) is 0.446. The molecule has 2 aromatic rings. The van der Waals surface area contributed by atoms with Gasteiger partial charge in [0, 0.05) is 17.3 Å². The van der Waals surface area contributed by atoms with Crippen LogP contribution in [0.15, 0.2) is 36.0 Å². The van der Waals surface area contributed by atoms with Gasteiger partial charge < -0.3 is 5.11 Å². The van der Waals surface area contributed by atoms with E-state index in [4.69, 9.17) is 16.7 Å². The van der Waals surface area contributed by atoms with E-state index in [0.717, 1.165) is 37.1 Å². The van der Waals surface area contributed by atoms with Crippen LogP contribution in [0.3, 0.4) is 0 Å². The molecule has 37 heavy (non-hydrogen) atoms. The summed E-state index contributed by atoms with van der Waals surface area (Å²) in [5, 5.41) is 16.8. The van der Waals surface area contributed by atoms with E-state index in [1.807, 2.05) is 13.1 Å². The molecule has 0 amide bonds. The second kappa shape index (κ2) is 8.05. The van der Waals surface area contributed by atoms with Crippen molar-refractivity contribution < 1.29 is 9.90 Å². The number of carbonyl (C=O) groups is 1.